The molecule has 0 N–H and O–H groups in total. The zero-order valence-electron chi connectivity index (χ0n) is 10.2. The van der Waals surface area contributed by atoms with Crippen LogP contribution in [-0.4, -0.2) is 20.5 Å². The van der Waals surface area contributed by atoms with Gasteiger partial charge in [-0.1, -0.05) is 0 Å². The molecule has 0 saturated heterocycles. The van der Waals surface area contributed by atoms with Gasteiger partial charge in [-0.05, 0) is 43.9 Å². The molecule has 0 aromatic heterocycles. The van der Waals surface area contributed by atoms with Gasteiger partial charge in [0, 0.05) is 10.7 Å². The van der Waals surface area contributed by atoms with Crippen LogP contribution in [0.4, 0.5) is 4.39 Å². The molecule has 0 heterocycles. The molecule has 0 aliphatic heterocycles. The Labute approximate surface area is 114 Å². The zero-order valence-corrected chi connectivity index (χ0v) is 11.7. The van der Waals surface area contributed by atoms with E-state index in [1.54, 1.807) is 0 Å². The van der Waals surface area contributed by atoms with E-state index in [1.165, 1.54) is 13.0 Å². The minimum absolute atomic E-state index is 0.00924. The van der Waals surface area contributed by atoms with Crippen LogP contribution in [0.3, 0.4) is 0 Å². The van der Waals surface area contributed by atoms with Gasteiger partial charge in [0.1, 0.15) is 16.8 Å². The Bertz CT molecular complexity index is 623. The number of carbonyl (C=O) groups is 1. The number of rotatable bonds is 3. The number of esters is 1. The van der Waals surface area contributed by atoms with Gasteiger partial charge in [0.25, 0.3) is 9.05 Å². The van der Waals surface area contributed by atoms with Crippen LogP contribution in [-0.2, 0) is 13.8 Å². The van der Waals surface area contributed by atoms with Gasteiger partial charge in [-0.3, -0.25) is 0 Å². The summed E-state index contributed by atoms with van der Waals surface area (Å²) >= 11 is 0. The summed E-state index contributed by atoms with van der Waals surface area (Å²) in [7, 11) is 0.894. The van der Waals surface area contributed by atoms with Crippen LogP contribution in [0.1, 0.15) is 35.2 Å². The van der Waals surface area contributed by atoms with Crippen molar-refractivity contribution in [3.05, 3.63) is 29.1 Å². The Kier molecular flexibility index (Phi) is 3.82. The molecule has 2 rings (SSSR count). The highest BCUT2D eigenvalue weighted by Crippen LogP contribution is 2.26. The average Bonchev–Trinajstić information content (AvgIpc) is 2.25. The monoisotopic (exact) mass is 306 g/mol. The van der Waals surface area contributed by atoms with Crippen molar-refractivity contribution in [2.24, 2.45) is 0 Å². The highest BCUT2D eigenvalue weighted by molar-refractivity contribution is 8.13. The van der Waals surface area contributed by atoms with Crippen molar-refractivity contribution in [3.8, 4) is 0 Å². The lowest BCUT2D eigenvalue weighted by Crippen LogP contribution is -2.25. The van der Waals surface area contributed by atoms with Crippen LogP contribution in [0.25, 0.3) is 0 Å². The number of ether oxygens (including phenoxy) is 1. The van der Waals surface area contributed by atoms with E-state index in [0.717, 1.165) is 25.3 Å². The summed E-state index contributed by atoms with van der Waals surface area (Å²) in [4.78, 5) is 11.1. The summed E-state index contributed by atoms with van der Waals surface area (Å²) in [5, 5.41) is 0. The van der Waals surface area contributed by atoms with Crippen LogP contribution in [0, 0.1) is 12.7 Å². The minimum atomic E-state index is -4.24. The van der Waals surface area contributed by atoms with E-state index >= 15 is 0 Å². The first-order chi connectivity index (χ1) is 8.79. The van der Waals surface area contributed by atoms with E-state index < -0.39 is 25.7 Å². The Morgan fingerprint density at radius 1 is 1.42 bits per heavy atom. The molecule has 1 aromatic carbocycles. The maximum atomic E-state index is 13.7. The first-order valence-electron chi connectivity index (χ1n) is 5.75. The Hall–Kier alpha value is -1.14. The van der Waals surface area contributed by atoms with E-state index in [4.69, 9.17) is 15.4 Å². The summed E-state index contributed by atoms with van der Waals surface area (Å²) < 4.78 is 41.3. The van der Waals surface area contributed by atoms with Gasteiger partial charge in [-0.25, -0.2) is 17.6 Å². The summed E-state index contributed by atoms with van der Waals surface area (Å²) in [6.07, 6.45) is 2.47. The maximum absolute atomic E-state index is 13.7. The van der Waals surface area contributed by atoms with Crippen LogP contribution in [0.5, 0.6) is 0 Å². The topological polar surface area (TPSA) is 60.4 Å². The van der Waals surface area contributed by atoms with Gasteiger partial charge >= 0.3 is 5.97 Å². The van der Waals surface area contributed by atoms with Crippen molar-refractivity contribution < 1.29 is 22.3 Å². The van der Waals surface area contributed by atoms with Crippen LogP contribution < -0.4 is 0 Å². The van der Waals surface area contributed by atoms with E-state index in [1.807, 2.05) is 0 Å². The van der Waals surface area contributed by atoms with Gasteiger partial charge in [0.15, 0.2) is 0 Å². The van der Waals surface area contributed by atoms with Crippen molar-refractivity contribution in [2.75, 3.05) is 0 Å². The predicted octanol–water partition coefficient (Wildman–Crippen LogP) is 2.77. The molecule has 0 amide bonds. The summed E-state index contributed by atoms with van der Waals surface area (Å²) in [5.74, 6) is -1.61. The smallest absolute Gasteiger partial charge is 0.338 e. The van der Waals surface area contributed by atoms with E-state index in [-0.39, 0.29) is 17.2 Å². The lowest BCUT2D eigenvalue weighted by molar-refractivity contribution is 0.00896. The van der Waals surface area contributed by atoms with Gasteiger partial charge in [-0.15, -0.1) is 0 Å². The second-order valence-electron chi connectivity index (χ2n) is 4.50. The third kappa shape index (κ3) is 3.06. The van der Waals surface area contributed by atoms with Crippen molar-refractivity contribution in [1.29, 1.82) is 0 Å². The Balaban J connectivity index is 2.36. The third-order valence-electron chi connectivity index (χ3n) is 3.05. The largest absolute Gasteiger partial charge is 0.459 e. The predicted molar refractivity (Wildman–Crippen MR) is 67.2 cm³/mol. The molecule has 0 bridgehead atoms. The number of hydrogen-bond donors (Lipinski definition) is 0. The molecule has 0 unspecified atom stereocenters. The SMILES string of the molecule is Cc1cc(C(=O)OC2CCC2)cc(S(=O)(=O)Cl)c1F. The molecule has 1 aliphatic rings. The van der Waals surface area contributed by atoms with Gasteiger partial charge < -0.3 is 4.74 Å². The fourth-order valence-electron chi connectivity index (χ4n) is 1.74. The van der Waals surface area contributed by atoms with Crippen molar-refractivity contribution in [2.45, 2.75) is 37.2 Å². The highest BCUT2D eigenvalue weighted by atomic mass is 35.7. The molecule has 7 heteroatoms. The second-order valence-corrected chi connectivity index (χ2v) is 7.04. The average molecular weight is 307 g/mol. The van der Waals surface area contributed by atoms with Gasteiger partial charge in [0.05, 0.1) is 5.56 Å². The second kappa shape index (κ2) is 5.09. The molecule has 1 saturated carbocycles. The molecule has 19 heavy (non-hydrogen) atoms. The van der Waals surface area contributed by atoms with Crippen molar-refractivity contribution in [3.63, 3.8) is 0 Å². The first-order valence-corrected chi connectivity index (χ1v) is 8.06. The van der Waals surface area contributed by atoms with E-state index in [0.29, 0.717) is 0 Å². The normalized spacial score (nSPS) is 15.9. The number of benzene rings is 1. The lowest BCUT2D eigenvalue weighted by Gasteiger charge is -2.25. The molecule has 1 fully saturated rings. The van der Waals surface area contributed by atoms with Crippen LogP contribution >= 0.6 is 10.7 Å². The zero-order chi connectivity index (χ0) is 14.2. The quantitative estimate of drug-likeness (QED) is 0.636. The summed E-state index contributed by atoms with van der Waals surface area (Å²) in [5.41, 5.74) is 0.0207. The Morgan fingerprint density at radius 3 is 2.53 bits per heavy atom. The molecular weight excluding hydrogens is 295 g/mol. The number of hydrogen-bond acceptors (Lipinski definition) is 4. The number of carbonyl (C=O) groups excluding carboxylic acids is 1. The fraction of sp³-hybridized carbons (Fsp3) is 0.417. The van der Waals surface area contributed by atoms with Crippen molar-refractivity contribution in [1.82, 2.24) is 0 Å². The van der Waals surface area contributed by atoms with Crippen LogP contribution in [0.2, 0.25) is 0 Å². The molecular formula is C12H12ClFO4S. The Morgan fingerprint density at radius 2 is 2.05 bits per heavy atom. The molecule has 0 spiro atoms. The van der Waals surface area contributed by atoms with Crippen molar-refractivity contribution >= 4 is 25.7 Å². The van der Waals surface area contributed by atoms with Gasteiger partial charge in [0.2, 0.25) is 0 Å². The molecule has 4 nitrogen and oxygen atoms in total. The maximum Gasteiger partial charge on any atom is 0.338 e. The number of aryl methyl sites for hydroxylation is 1. The summed E-state index contributed by atoms with van der Waals surface area (Å²) in [6.45, 7) is 1.36. The standard InChI is InChI=1S/C12H12ClFO4S/c1-7-5-8(12(15)18-9-3-2-4-9)6-10(11(7)14)19(13,16)17/h5-6,9H,2-4H2,1H3. The molecule has 104 valence electrons. The molecule has 0 radical (unpaired) electrons. The third-order valence-corrected chi connectivity index (χ3v) is 4.37. The van der Waals surface area contributed by atoms with Crippen LogP contribution in [0.15, 0.2) is 17.0 Å². The van der Waals surface area contributed by atoms with E-state index in [2.05, 4.69) is 0 Å². The van der Waals surface area contributed by atoms with Gasteiger partial charge in [-0.2, -0.15) is 0 Å². The molecule has 1 aliphatic carbocycles. The minimum Gasteiger partial charge on any atom is -0.459 e. The number of halogens is 2. The summed E-state index contributed by atoms with van der Waals surface area (Å²) in [6, 6.07) is 2.16. The highest BCUT2D eigenvalue weighted by Gasteiger charge is 2.25. The first kappa shape index (κ1) is 14.3. The fourth-order valence-corrected chi connectivity index (χ4v) is 2.72. The van der Waals surface area contributed by atoms with E-state index in [9.17, 15) is 17.6 Å². The molecule has 1 aromatic rings. The molecule has 0 atom stereocenters. The lowest BCUT2D eigenvalue weighted by atomic mass is 9.96.